The molecule has 0 saturated heterocycles. The van der Waals surface area contributed by atoms with Crippen LogP contribution in [0.5, 0.6) is 23.0 Å². The maximum Gasteiger partial charge on any atom is 0.310 e. The van der Waals surface area contributed by atoms with Crippen molar-refractivity contribution in [3.8, 4) is 23.0 Å². The average Bonchev–Trinajstić information content (AvgIpc) is 2.90. The molecule has 0 spiro atoms. The number of rotatable bonds is 10. The van der Waals surface area contributed by atoms with Gasteiger partial charge in [-0.2, -0.15) is 0 Å². The van der Waals surface area contributed by atoms with Gasteiger partial charge in [0.2, 0.25) is 11.7 Å². The largest absolute Gasteiger partial charge is 0.493 e. The highest BCUT2D eigenvalue weighted by Crippen LogP contribution is 2.38. The third-order valence-electron chi connectivity index (χ3n) is 5.16. The van der Waals surface area contributed by atoms with Gasteiger partial charge in [-0.25, -0.2) is 0 Å². The molecule has 0 atom stereocenters. The van der Waals surface area contributed by atoms with Gasteiger partial charge in [-0.3, -0.25) is 14.9 Å². The van der Waals surface area contributed by atoms with Gasteiger partial charge in [0.05, 0.1) is 33.4 Å². The molecule has 0 aliphatic rings. The number of benzene rings is 3. The van der Waals surface area contributed by atoms with Crippen molar-refractivity contribution in [3.63, 3.8) is 0 Å². The van der Waals surface area contributed by atoms with Gasteiger partial charge < -0.3 is 24.3 Å². The van der Waals surface area contributed by atoms with Gasteiger partial charge in [-0.15, -0.1) is 0 Å². The monoisotopic (exact) mass is 490 g/mol. The van der Waals surface area contributed by atoms with Crippen LogP contribution < -0.4 is 24.3 Å². The fourth-order valence-electron chi connectivity index (χ4n) is 3.37. The second kappa shape index (κ2) is 12.1. The van der Waals surface area contributed by atoms with E-state index >= 15 is 0 Å². The number of methoxy groups -OCH3 is 4. The van der Waals surface area contributed by atoms with Gasteiger partial charge in [0.1, 0.15) is 0 Å². The first-order valence-electron chi connectivity index (χ1n) is 10.8. The van der Waals surface area contributed by atoms with Gasteiger partial charge in [-0.1, -0.05) is 24.3 Å². The van der Waals surface area contributed by atoms with Crippen LogP contribution in [0.4, 0.5) is 11.4 Å². The molecule has 0 bridgehead atoms. The fraction of sp³-hybridized carbons (Fsp3) is 0.148. The number of carbonyl (C=O) groups is 1. The molecule has 3 aromatic rings. The third-order valence-corrected chi connectivity index (χ3v) is 5.16. The Morgan fingerprint density at radius 2 is 1.31 bits per heavy atom. The van der Waals surface area contributed by atoms with Crippen molar-refractivity contribution in [1.82, 2.24) is 0 Å². The highest BCUT2D eigenvalue weighted by atomic mass is 16.6. The molecule has 1 amide bonds. The highest BCUT2D eigenvalue weighted by Gasteiger charge is 2.14. The number of ether oxygens (including phenoxy) is 4. The Kier molecular flexibility index (Phi) is 8.66. The maximum atomic E-state index is 12.3. The quantitative estimate of drug-likeness (QED) is 0.174. The lowest BCUT2D eigenvalue weighted by Crippen LogP contribution is -2.07. The average molecular weight is 491 g/mol. The number of amides is 1. The van der Waals surface area contributed by atoms with Crippen molar-refractivity contribution in [2.45, 2.75) is 0 Å². The van der Waals surface area contributed by atoms with Crippen molar-refractivity contribution >= 4 is 35.5 Å². The summed E-state index contributed by atoms with van der Waals surface area (Å²) >= 11 is 0. The maximum absolute atomic E-state index is 12.3. The summed E-state index contributed by atoms with van der Waals surface area (Å²) in [5, 5.41) is 13.8. The van der Waals surface area contributed by atoms with E-state index in [2.05, 4.69) is 5.32 Å². The van der Waals surface area contributed by atoms with E-state index in [1.165, 1.54) is 25.3 Å². The zero-order chi connectivity index (χ0) is 26.1. The molecule has 3 aromatic carbocycles. The van der Waals surface area contributed by atoms with Crippen LogP contribution >= 0.6 is 0 Å². The smallest absolute Gasteiger partial charge is 0.310 e. The van der Waals surface area contributed by atoms with Crippen LogP contribution in [0.2, 0.25) is 0 Å². The van der Waals surface area contributed by atoms with E-state index < -0.39 is 4.92 Å². The van der Waals surface area contributed by atoms with E-state index in [-0.39, 0.29) is 17.3 Å². The first kappa shape index (κ1) is 25.8. The molecule has 0 radical (unpaired) electrons. The molecule has 3 rings (SSSR count). The topological polar surface area (TPSA) is 109 Å². The Morgan fingerprint density at radius 3 is 1.86 bits per heavy atom. The summed E-state index contributed by atoms with van der Waals surface area (Å²) in [4.78, 5) is 22.8. The van der Waals surface area contributed by atoms with Crippen molar-refractivity contribution in [2.75, 3.05) is 33.8 Å². The number of hydrogen-bond donors (Lipinski definition) is 1. The van der Waals surface area contributed by atoms with E-state index in [0.29, 0.717) is 28.5 Å². The Hall–Kier alpha value is -4.79. The number of nitrogens with one attached hydrogen (secondary N) is 1. The standard InChI is InChI=1S/C27H26N2O7/c1-33-23-15-19(9-13-22(23)29(31)32)10-14-26(30)28-21-11-7-18(8-12-21)5-6-20-16-24(34-2)27(36-4)25(17-20)35-3/h5-17H,1-4H3,(H,28,30)/b6-5+,14-10+. The van der Waals surface area contributed by atoms with Gasteiger partial charge >= 0.3 is 5.69 Å². The van der Waals surface area contributed by atoms with Crippen molar-refractivity contribution < 1.29 is 28.7 Å². The van der Waals surface area contributed by atoms with Crippen LogP contribution in [0.15, 0.2) is 60.7 Å². The summed E-state index contributed by atoms with van der Waals surface area (Å²) in [6.45, 7) is 0. The Balaban J connectivity index is 1.65. The third kappa shape index (κ3) is 6.41. The van der Waals surface area contributed by atoms with Gasteiger partial charge in [0, 0.05) is 17.8 Å². The number of nitro benzene ring substituents is 1. The molecule has 0 saturated carbocycles. The van der Waals surface area contributed by atoms with Crippen LogP contribution in [0.3, 0.4) is 0 Å². The lowest BCUT2D eigenvalue weighted by atomic mass is 10.1. The zero-order valence-electron chi connectivity index (χ0n) is 20.3. The molecule has 0 unspecified atom stereocenters. The fourth-order valence-corrected chi connectivity index (χ4v) is 3.37. The minimum absolute atomic E-state index is 0.123. The molecule has 0 aliphatic carbocycles. The molecule has 36 heavy (non-hydrogen) atoms. The molecule has 0 heterocycles. The van der Waals surface area contributed by atoms with Crippen LogP contribution in [0, 0.1) is 10.1 Å². The first-order valence-corrected chi connectivity index (χ1v) is 10.8. The zero-order valence-corrected chi connectivity index (χ0v) is 20.3. The summed E-state index contributed by atoms with van der Waals surface area (Å²) in [7, 11) is 6.04. The molecule has 0 aliphatic heterocycles. The molecular formula is C27H26N2O7. The molecule has 9 heteroatoms. The van der Waals surface area contributed by atoms with E-state index in [1.807, 2.05) is 36.4 Å². The van der Waals surface area contributed by atoms with E-state index in [4.69, 9.17) is 18.9 Å². The van der Waals surface area contributed by atoms with Crippen molar-refractivity contribution in [3.05, 3.63) is 87.5 Å². The van der Waals surface area contributed by atoms with E-state index in [9.17, 15) is 14.9 Å². The molecular weight excluding hydrogens is 464 g/mol. The van der Waals surface area contributed by atoms with Gasteiger partial charge in [-0.05, 0) is 59.2 Å². The molecule has 0 aromatic heterocycles. The minimum Gasteiger partial charge on any atom is -0.493 e. The Morgan fingerprint density at radius 1 is 0.750 bits per heavy atom. The summed E-state index contributed by atoms with van der Waals surface area (Å²) in [6, 6.07) is 15.4. The lowest BCUT2D eigenvalue weighted by molar-refractivity contribution is -0.385. The Bertz CT molecular complexity index is 1270. The van der Waals surface area contributed by atoms with E-state index in [0.717, 1.165) is 11.1 Å². The molecule has 0 fully saturated rings. The minimum atomic E-state index is -0.525. The normalized spacial score (nSPS) is 10.9. The van der Waals surface area contributed by atoms with Crippen LogP contribution in [0.25, 0.3) is 18.2 Å². The first-order chi connectivity index (χ1) is 17.4. The van der Waals surface area contributed by atoms with Crippen molar-refractivity contribution in [2.24, 2.45) is 0 Å². The van der Waals surface area contributed by atoms with Crippen LogP contribution in [0.1, 0.15) is 16.7 Å². The van der Waals surface area contributed by atoms with Crippen LogP contribution in [-0.2, 0) is 4.79 Å². The van der Waals surface area contributed by atoms with E-state index in [1.54, 1.807) is 45.6 Å². The SMILES string of the molecule is COc1cc(/C=C/C(=O)Nc2ccc(/C=C/c3cc(OC)c(OC)c(OC)c3)cc2)ccc1[N+](=O)[O-]. The predicted molar refractivity (Wildman–Crippen MR) is 139 cm³/mol. The van der Waals surface area contributed by atoms with Crippen molar-refractivity contribution in [1.29, 1.82) is 0 Å². The number of nitrogens with zero attached hydrogens (tertiary/aromatic N) is 1. The summed E-state index contributed by atoms with van der Waals surface area (Å²) in [6.07, 6.45) is 6.74. The summed E-state index contributed by atoms with van der Waals surface area (Å²) in [5.41, 5.74) is 2.87. The Labute approximate surface area is 208 Å². The predicted octanol–water partition coefficient (Wildman–Crippen LogP) is 5.45. The van der Waals surface area contributed by atoms with Gasteiger partial charge in [0.15, 0.2) is 17.2 Å². The van der Waals surface area contributed by atoms with Crippen LogP contribution in [-0.4, -0.2) is 39.3 Å². The molecule has 186 valence electrons. The summed E-state index contributed by atoms with van der Waals surface area (Å²) in [5.74, 6) is 1.44. The second-order valence-corrected chi connectivity index (χ2v) is 7.42. The summed E-state index contributed by atoms with van der Waals surface area (Å²) < 4.78 is 21.1. The molecule has 9 nitrogen and oxygen atoms in total. The second-order valence-electron chi connectivity index (χ2n) is 7.42. The number of nitro groups is 1. The number of carbonyl (C=O) groups excluding carboxylic acids is 1. The number of anilines is 1. The molecule has 1 N–H and O–H groups in total. The highest BCUT2D eigenvalue weighted by molar-refractivity contribution is 6.02. The van der Waals surface area contributed by atoms with Gasteiger partial charge in [0.25, 0.3) is 0 Å². The number of hydrogen-bond acceptors (Lipinski definition) is 7. The lowest BCUT2D eigenvalue weighted by Gasteiger charge is -2.12.